The minimum absolute atomic E-state index is 0.326. The number of allylic oxidation sites excluding steroid dienone is 2. The predicted molar refractivity (Wildman–Crippen MR) is 98.5 cm³/mol. The molecule has 0 fully saturated rings. The fourth-order valence-electron chi connectivity index (χ4n) is 3.16. The number of methoxy groups -OCH3 is 1. The quantitative estimate of drug-likeness (QED) is 0.732. The Morgan fingerprint density at radius 1 is 1.29 bits per heavy atom. The third-order valence-electron chi connectivity index (χ3n) is 4.65. The Balaban J connectivity index is 1.78. The number of benzene rings is 1. The van der Waals surface area contributed by atoms with E-state index in [9.17, 15) is 5.26 Å². The number of hydrogen-bond acceptors (Lipinski definition) is 3. The molecule has 1 aromatic carbocycles. The van der Waals surface area contributed by atoms with Crippen LogP contribution in [0.15, 0.2) is 53.1 Å². The van der Waals surface area contributed by atoms with E-state index in [4.69, 9.17) is 4.74 Å². The minimum atomic E-state index is -0.326. The van der Waals surface area contributed by atoms with Gasteiger partial charge in [-0.05, 0) is 54.5 Å². The monoisotopic (exact) mass is 382 g/mol. The second kappa shape index (κ2) is 7.19. The first-order valence-electron chi connectivity index (χ1n) is 8.00. The topological polar surface area (TPSA) is 45.9 Å². The van der Waals surface area contributed by atoms with Gasteiger partial charge in [-0.2, -0.15) is 5.26 Å². The number of halogens is 1. The molecule has 1 heterocycles. The Morgan fingerprint density at radius 3 is 2.71 bits per heavy atom. The summed E-state index contributed by atoms with van der Waals surface area (Å²) in [5.74, 6) is 0.621. The van der Waals surface area contributed by atoms with E-state index in [1.54, 1.807) is 7.11 Å². The number of aromatic nitrogens is 1. The Hall–Kier alpha value is -2.12. The molecule has 0 saturated heterocycles. The summed E-state index contributed by atoms with van der Waals surface area (Å²) in [7, 11) is 1.62. The Bertz CT molecular complexity index is 792. The van der Waals surface area contributed by atoms with Crippen LogP contribution < -0.4 is 4.74 Å². The van der Waals surface area contributed by atoms with Crippen LogP contribution >= 0.6 is 15.9 Å². The lowest BCUT2D eigenvalue weighted by Crippen LogP contribution is -2.24. The Labute approximate surface area is 151 Å². The van der Waals surface area contributed by atoms with Crippen molar-refractivity contribution in [1.29, 1.82) is 5.26 Å². The van der Waals surface area contributed by atoms with Crippen LogP contribution in [0.5, 0.6) is 5.88 Å². The SMILES string of the molecule is COc1ccc(C2=CCC(C#N)(Cc3ccccc3Br)CC2)cn1. The molecule has 0 amide bonds. The summed E-state index contributed by atoms with van der Waals surface area (Å²) in [6, 6.07) is 14.6. The highest BCUT2D eigenvalue weighted by atomic mass is 79.9. The molecular weight excluding hydrogens is 364 g/mol. The lowest BCUT2D eigenvalue weighted by molar-refractivity contribution is 0.359. The molecule has 3 rings (SSSR count). The van der Waals surface area contributed by atoms with Crippen molar-refractivity contribution in [2.75, 3.05) is 7.11 Å². The van der Waals surface area contributed by atoms with Gasteiger partial charge in [-0.15, -0.1) is 0 Å². The van der Waals surface area contributed by atoms with Crippen molar-refractivity contribution < 1.29 is 4.74 Å². The van der Waals surface area contributed by atoms with Gasteiger partial charge < -0.3 is 4.74 Å². The molecule has 3 nitrogen and oxygen atoms in total. The van der Waals surface area contributed by atoms with Crippen LogP contribution in [-0.2, 0) is 6.42 Å². The number of ether oxygens (including phenoxy) is 1. The van der Waals surface area contributed by atoms with Crippen molar-refractivity contribution in [3.8, 4) is 11.9 Å². The summed E-state index contributed by atoms with van der Waals surface area (Å²) in [5.41, 5.74) is 3.25. The molecule has 1 atom stereocenters. The summed E-state index contributed by atoms with van der Waals surface area (Å²) < 4.78 is 6.18. The van der Waals surface area contributed by atoms with E-state index in [1.807, 2.05) is 36.5 Å². The molecule has 1 aromatic heterocycles. The zero-order valence-electron chi connectivity index (χ0n) is 13.6. The smallest absolute Gasteiger partial charge is 0.212 e. The minimum Gasteiger partial charge on any atom is -0.481 e. The van der Waals surface area contributed by atoms with Gasteiger partial charge in [0.25, 0.3) is 0 Å². The molecule has 122 valence electrons. The highest BCUT2D eigenvalue weighted by molar-refractivity contribution is 9.10. The highest BCUT2D eigenvalue weighted by Crippen LogP contribution is 2.41. The standard InChI is InChI=1S/C20H19BrN2O/c1-24-19-7-6-17(13-23-19)15-8-10-20(14-22,11-9-15)12-16-4-2-3-5-18(16)21/h2-8,13H,9-12H2,1H3. The highest BCUT2D eigenvalue weighted by Gasteiger charge is 2.33. The Kier molecular flexibility index (Phi) is 5.01. The Morgan fingerprint density at radius 2 is 2.12 bits per heavy atom. The van der Waals surface area contributed by atoms with Crippen LogP contribution in [0.3, 0.4) is 0 Å². The maximum atomic E-state index is 9.80. The molecule has 24 heavy (non-hydrogen) atoms. The van der Waals surface area contributed by atoms with Gasteiger partial charge in [0, 0.05) is 16.7 Å². The van der Waals surface area contributed by atoms with Gasteiger partial charge in [0.15, 0.2) is 0 Å². The van der Waals surface area contributed by atoms with E-state index in [-0.39, 0.29) is 5.41 Å². The van der Waals surface area contributed by atoms with Crippen molar-refractivity contribution in [3.63, 3.8) is 0 Å². The molecule has 0 spiro atoms. The molecule has 0 saturated carbocycles. The van der Waals surface area contributed by atoms with E-state index >= 15 is 0 Å². The number of nitrogens with zero attached hydrogens (tertiary/aromatic N) is 2. The first-order valence-corrected chi connectivity index (χ1v) is 8.79. The number of nitriles is 1. The van der Waals surface area contributed by atoms with Crippen LogP contribution in [0, 0.1) is 16.7 Å². The lowest BCUT2D eigenvalue weighted by Gasteiger charge is -2.30. The zero-order valence-corrected chi connectivity index (χ0v) is 15.2. The van der Waals surface area contributed by atoms with E-state index in [1.165, 1.54) is 11.1 Å². The second-order valence-corrected chi connectivity index (χ2v) is 7.04. The van der Waals surface area contributed by atoms with E-state index in [2.05, 4.69) is 39.1 Å². The number of pyridine rings is 1. The molecule has 0 aliphatic heterocycles. The van der Waals surface area contributed by atoms with Crippen LogP contribution in [0.2, 0.25) is 0 Å². The first-order chi connectivity index (χ1) is 11.7. The van der Waals surface area contributed by atoms with E-state index in [0.717, 1.165) is 35.7 Å². The van der Waals surface area contributed by atoms with Gasteiger partial charge in [0.05, 0.1) is 18.6 Å². The molecule has 0 bridgehead atoms. The van der Waals surface area contributed by atoms with Crippen molar-refractivity contribution in [2.45, 2.75) is 25.7 Å². The van der Waals surface area contributed by atoms with Gasteiger partial charge >= 0.3 is 0 Å². The van der Waals surface area contributed by atoms with Crippen LogP contribution in [0.4, 0.5) is 0 Å². The maximum Gasteiger partial charge on any atom is 0.212 e. The molecular formula is C20H19BrN2O. The number of hydrogen-bond donors (Lipinski definition) is 0. The summed E-state index contributed by atoms with van der Waals surface area (Å²) in [6.45, 7) is 0. The fourth-order valence-corrected chi connectivity index (χ4v) is 3.58. The van der Waals surface area contributed by atoms with Crippen molar-refractivity contribution >= 4 is 21.5 Å². The van der Waals surface area contributed by atoms with Gasteiger partial charge in [-0.1, -0.05) is 40.2 Å². The predicted octanol–water partition coefficient (Wildman–Crippen LogP) is 5.17. The molecule has 4 heteroatoms. The largest absolute Gasteiger partial charge is 0.481 e. The number of rotatable bonds is 4. The van der Waals surface area contributed by atoms with Gasteiger partial charge in [-0.3, -0.25) is 0 Å². The average molecular weight is 383 g/mol. The van der Waals surface area contributed by atoms with Crippen molar-refractivity contribution in [2.24, 2.45) is 5.41 Å². The molecule has 1 aliphatic carbocycles. The van der Waals surface area contributed by atoms with Gasteiger partial charge in [-0.25, -0.2) is 4.98 Å². The fraction of sp³-hybridized carbons (Fsp3) is 0.300. The molecule has 0 radical (unpaired) electrons. The van der Waals surface area contributed by atoms with Crippen molar-refractivity contribution in [3.05, 3.63) is 64.3 Å². The molecule has 2 aromatic rings. The van der Waals surface area contributed by atoms with E-state index < -0.39 is 0 Å². The van der Waals surface area contributed by atoms with Gasteiger partial charge in [0.2, 0.25) is 5.88 Å². The lowest BCUT2D eigenvalue weighted by atomic mass is 9.71. The van der Waals surface area contributed by atoms with Crippen LogP contribution in [0.1, 0.15) is 30.4 Å². The normalized spacial score (nSPS) is 20.1. The van der Waals surface area contributed by atoms with Crippen molar-refractivity contribution in [1.82, 2.24) is 4.98 Å². The average Bonchev–Trinajstić information content (AvgIpc) is 2.64. The zero-order chi connectivity index (χ0) is 17.0. The summed E-state index contributed by atoms with van der Waals surface area (Å²) in [6.07, 6.45) is 7.35. The third kappa shape index (κ3) is 3.52. The summed E-state index contributed by atoms with van der Waals surface area (Å²) in [5, 5.41) is 9.80. The second-order valence-electron chi connectivity index (χ2n) is 6.18. The van der Waals surface area contributed by atoms with Crippen LogP contribution in [0.25, 0.3) is 5.57 Å². The molecule has 1 unspecified atom stereocenters. The maximum absolute atomic E-state index is 9.80. The van der Waals surface area contributed by atoms with E-state index in [0.29, 0.717) is 5.88 Å². The molecule has 1 aliphatic rings. The van der Waals surface area contributed by atoms with Crippen LogP contribution in [-0.4, -0.2) is 12.1 Å². The van der Waals surface area contributed by atoms with Gasteiger partial charge in [0.1, 0.15) is 0 Å². The third-order valence-corrected chi connectivity index (χ3v) is 5.43. The molecule has 0 N–H and O–H groups in total. The summed E-state index contributed by atoms with van der Waals surface area (Å²) >= 11 is 3.59. The first kappa shape index (κ1) is 16.7. The summed E-state index contributed by atoms with van der Waals surface area (Å²) in [4.78, 5) is 4.27.